The maximum atomic E-state index is 12.4. The molecular weight excluding hydrogens is 320 g/mol. The lowest BCUT2D eigenvalue weighted by Gasteiger charge is -2.22. The van der Waals surface area contributed by atoms with E-state index in [0.29, 0.717) is 17.5 Å². The predicted octanol–water partition coefficient (Wildman–Crippen LogP) is 3.43. The van der Waals surface area contributed by atoms with Gasteiger partial charge in [-0.05, 0) is 48.7 Å². The first-order chi connectivity index (χ1) is 11.6. The summed E-state index contributed by atoms with van der Waals surface area (Å²) in [6.45, 7) is 1.33. The minimum Gasteiger partial charge on any atom is -0.314 e. The maximum Gasteiger partial charge on any atom is 0.240 e. The molecule has 1 saturated carbocycles. The van der Waals surface area contributed by atoms with E-state index in [1.54, 1.807) is 12.1 Å². The standard InChI is InChI=1S/C19H26N2O2S/c22-24(23,19-12-11-16-7-4-5-8-17(16)15-19)21-14-6-13-20-18-9-2-1-3-10-18/h4-5,7-8,11-12,15,18,20-21H,1-3,6,9-10,13-14H2. The van der Waals surface area contributed by atoms with E-state index in [9.17, 15) is 8.42 Å². The van der Waals surface area contributed by atoms with Crippen molar-refractivity contribution >= 4 is 20.8 Å². The normalized spacial score (nSPS) is 16.5. The quantitative estimate of drug-likeness (QED) is 0.755. The Morgan fingerprint density at radius 1 is 0.917 bits per heavy atom. The molecule has 1 fully saturated rings. The van der Waals surface area contributed by atoms with Crippen LogP contribution >= 0.6 is 0 Å². The first-order valence-electron chi connectivity index (χ1n) is 8.87. The minimum atomic E-state index is -3.43. The number of fused-ring (bicyclic) bond motifs is 1. The molecule has 0 spiro atoms. The molecule has 4 nitrogen and oxygen atoms in total. The molecule has 5 heteroatoms. The van der Waals surface area contributed by atoms with Crippen LogP contribution in [0.5, 0.6) is 0 Å². The summed E-state index contributed by atoms with van der Waals surface area (Å²) in [5.41, 5.74) is 0. The highest BCUT2D eigenvalue weighted by Gasteiger charge is 2.14. The van der Waals surface area contributed by atoms with E-state index in [-0.39, 0.29) is 0 Å². The fourth-order valence-corrected chi connectivity index (χ4v) is 4.43. The van der Waals surface area contributed by atoms with E-state index in [1.165, 1.54) is 32.1 Å². The topological polar surface area (TPSA) is 58.2 Å². The van der Waals surface area contributed by atoms with Crippen LogP contribution in [0.25, 0.3) is 10.8 Å². The number of rotatable bonds is 7. The van der Waals surface area contributed by atoms with E-state index < -0.39 is 10.0 Å². The summed E-state index contributed by atoms with van der Waals surface area (Å²) < 4.78 is 27.5. The van der Waals surface area contributed by atoms with Crippen LogP contribution in [-0.2, 0) is 10.0 Å². The van der Waals surface area contributed by atoms with Crippen LogP contribution in [0.2, 0.25) is 0 Å². The van der Waals surface area contributed by atoms with Crippen molar-refractivity contribution < 1.29 is 8.42 Å². The first kappa shape index (κ1) is 17.4. The van der Waals surface area contributed by atoms with Crippen LogP contribution in [0, 0.1) is 0 Å². The molecule has 0 aromatic heterocycles. The SMILES string of the molecule is O=S(=O)(NCCCNC1CCCCC1)c1ccc2ccccc2c1. The Morgan fingerprint density at radius 2 is 1.67 bits per heavy atom. The van der Waals surface area contributed by atoms with E-state index in [4.69, 9.17) is 0 Å². The highest BCUT2D eigenvalue weighted by molar-refractivity contribution is 7.89. The molecule has 0 aliphatic heterocycles. The van der Waals surface area contributed by atoms with Crippen LogP contribution in [-0.4, -0.2) is 27.5 Å². The van der Waals surface area contributed by atoms with Gasteiger partial charge in [-0.3, -0.25) is 0 Å². The average Bonchev–Trinajstić information content (AvgIpc) is 2.62. The monoisotopic (exact) mass is 346 g/mol. The van der Waals surface area contributed by atoms with Gasteiger partial charge in [-0.15, -0.1) is 0 Å². The fourth-order valence-electron chi connectivity index (χ4n) is 3.33. The van der Waals surface area contributed by atoms with Crippen molar-refractivity contribution in [2.24, 2.45) is 0 Å². The Kier molecular flexibility index (Phi) is 5.87. The summed E-state index contributed by atoms with van der Waals surface area (Å²) in [5, 5.41) is 5.53. The molecule has 0 saturated heterocycles. The van der Waals surface area contributed by atoms with Crippen molar-refractivity contribution in [2.45, 2.75) is 49.5 Å². The summed E-state index contributed by atoms with van der Waals surface area (Å²) >= 11 is 0. The lowest BCUT2D eigenvalue weighted by atomic mass is 9.95. The van der Waals surface area contributed by atoms with Crippen LogP contribution in [0.1, 0.15) is 38.5 Å². The summed E-state index contributed by atoms with van der Waals surface area (Å²) in [6.07, 6.45) is 7.29. The smallest absolute Gasteiger partial charge is 0.240 e. The summed E-state index contributed by atoms with van der Waals surface area (Å²) in [7, 11) is -3.43. The van der Waals surface area contributed by atoms with Gasteiger partial charge in [0, 0.05) is 12.6 Å². The Hall–Kier alpha value is -1.43. The minimum absolute atomic E-state index is 0.335. The van der Waals surface area contributed by atoms with Crippen molar-refractivity contribution in [3.8, 4) is 0 Å². The maximum absolute atomic E-state index is 12.4. The molecule has 3 rings (SSSR count). The average molecular weight is 346 g/mol. The highest BCUT2D eigenvalue weighted by Crippen LogP contribution is 2.19. The van der Waals surface area contributed by atoms with Gasteiger partial charge in [-0.2, -0.15) is 0 Å². The van der Waals surface area contributed by atoms with E-state index in [2.05, 4.69) is 10.0 Å². The number of benzene rings is 2. The molecule has 0 unspecified atom stereocenters. The van der Waals surface area contributed by atoms with Crippen LogP contribution in [0.3, 0.4) is 0 Å². The molecule has 0 amide bonds. The largest absolute Gasteiger partial charge is 0.314 e. The Morgan fingerprint density at radius 3 is 2.46 bits per heavy atom. The molecule has 1 aliphatic carbocycles. The highest BCUT2D eigenvalue weighted by atomic mass is 32.2. The molecule has 1 aliphatic rings. The van der Waals surface area contributed by atoms with Gasteiger partial charge in [0.25, 0.3) is 0 Å². The van der Waals surface area contributed by atoms with Gasteiger partial charge >= 0.3 is 0 Å². The third kappa shape index (κ3) is 4.56. The number of hydrogen-bond acceptors (Lipinski definition) is 3. The van der Waals surface area contributed by atoms with Gasteiger partial charge < -0.3 is 5.32 Å². The van der Waals surface area contributed by atoms with Crippen LogP contribution in [0.4, 0.5) is 0 Å². The lowest BCUT2D eigenvalue weighted by Crippen LogP contribution is -2.34. The predicted molar refractivity (Wildman–Crippen MR) is 98.6 cm³/mol. The van der Waals surface area contributed by atoms with Gasteiger partial charge in [0.2, 0.25) is 10.0 Å². The van der Waals surface area contributed by atoms with Gasteiger partial charge in [0.1, 0.15) is 0 Å². The number of sulfonamides is 1. The molecule has 0 bridgehead atoms. The first-order valence-corrected chi connectivity index (χ1v) is 10.4. The van der Waals surface area contributed by atoms with Crippen molar-refractivity contribution in [2.75, 3.05) is 13.1 Å². The van der Waals surface area contributed by atoms with Crippen molar-refractivity contribution in [3.63, 3.8) is 0 Å². The second kappa shape index (κ2) is 8.10. The summed E-state index contributed by atoms with van der Waals surface area (Å²) in [5.74, 6) is 0. The third-order valence-corrected chi connectivity index (χ3v) is 6.17. The molecule has 2 aromatic carbocycles. The van der Waals surface area contributed by atoms with Crippen molar-refractivity contribution in [1.29, 1.82) is 0 Å². The number of nitrogens with one attached hydrogen (secondary N) is 2. The van der Waals surface area contributed by atoms with Crippen molar-refractivity contribution in [1.82, 2.24) is 10.0 Å². The van der Waals surface area contributed by atoms with E-state index in [0.717, 1.165) is 23.7 Å². The molecule has 2 N–H and O–H groups in total. The summed E-state index contributed by atoms with van der Waals surface area (Å²) in [4.78, 5) is 0.335. The Bertz CT molecular complexity index is 768. The Labute approximate surface area is 144 Å². The molecule has 2 aromatic rings. The molecular formula is C19H26N2O2S. The Balaban J connectivity index is 1.49. The lowest BCUT2D eigenvalue weighted by molar-refractivity contribution is 0.372. The third-order valence-electron chi connectivity index (χ3n) is 4.72. The second-order valence-corrected chi connectivity index (χ2v) is 8.32. The zero-order valence-electron chi connectivity index (χ0n) is 14.0. The van der Waals surface area contributed by atoms with Crippen LogP contribution < -0.4 is 10.0 Å². The van der Waals surface area contributed by atoms with E-state index >= 15 is 0 Å². The van der Waals surface area contributed by atoms with Gasteiger partial charge in [0.15, 0.2) is 0 Å². The van der Waals surface area contributed by atoms with Gasteiger partial charge in [0.05, 0.1) is 4.90 Å². The second-order valence-electron chi connectivity index (χ2n) is 6.55. The molecule has 130 valence electrons. The summed E-state index contributed by atoms with van der Waals surface area (Å²) in [6, 6.07) is 13.7. The molecule has 0 atom stereocenters. The fraction of sp³-hybridized carbons (Fsp3) is 0.474. The molecule has 0 radical (unpaired) electrons. The molecule has 24 heavy (non-hydrogen) atoms. The zero-order chi connectivity index (χ0) is 16.8. The van der Waals surface area contributed by atoms with E-state index in [1.807, 2.05) is 30.3 Å². The van der Waals surface area contributed by atoms with Gasteiger partial charge in [-0.25, -0.2) is 13.1 Å². The van der Waals surface area contributed by atoms with Crippen LogP contribution in [0.15, 0.2) is 47.4 Å². The number of hydrogen-bond donors (Lipinski definition) is 2. The molecule has 0 heterocycles. The van der Waals surface area contributed by atoms with Crippen molar-refractivity contribution in [3.05, 3.63) is 42.5 Å². The van der Waals surface area contributed by atoms with Gasteiger partial charge in [-0.1, -0.05) is 49.6 Å². The zero-order valence-corrected chi connectivity index (χ0v) is 14.8.